The van der Waals surface area contributed by atoms with Crippen molar-refractivity contribution < 1.29 is 9.59 Å². The van der Waals surface area contributed by atoms with Gasteiger partial charge in [-0.25, -0.2) is 0 Å². The summed E-state index contributed by atoms with van der Waals surface area (Å²) < 4.78 is 0. The summed E-state index contributed by atoms with van der Waals surface area (Å²) in [7, 11) is 0. The minimum absolute atomic E-state index is 0.0677. The Morgan fingerprint density at radius 1 is 1.27 bits per heavy atom. The zero-order chi connectivity index (χ0) is 16.4. The summed E-state index contributed by atoms with van der Waals surface area (Å²) in [6.07, 6.45) is 2.95. The van der Waals surface area contributed by atoms with Crippen molar-refractivity contribution in [1.29, 1.82) is 0 Å². The van der Waals surface area contributed by atoms with Gasteiger partial charge in [-0.05, 0) is 36.8 Å². The average molecular weight is 322 g/mol. The Bertz CT molecular complexity index is 491. The topological polar surface area (TPSA) is 58.2 Å². The number of unbranched alkanes of at least 4 members (excludes halogenated alkanes) is 1. The molecule has 122 valence electrons. The van der Waals surface area contributed by atoms with Gasteiger partial charge in [-0.1, -0.05) is 25.5 Å². The summed E-state index contributed by atoms with van der Waals surface area (Å²) in [4.78, 5) is 23.0. The molecule has 0 aliphatic rings. The van der Waals surface area contributed by atoms with E-state index in [1.165, 1.54) is 19.8 Å². The van der Waals surface area contributed by atoms with Crippen LogP contribution >= 0.6 is 11.8 Å². The highest BCUT2D eigenvalue weighted by Gasteiger charge is 2.10. The summed E-state index contributed by atoms with van der Waals surface area (Å²) in [5.41, 5.74) is 1.74. The van der Waals surface area contributed by atoms with Gasteiger partial charge < -0.3 is 10.6 Å². The van der Waals surface area contributed by atoms with E-state index in [1.807, 2.05) is 43.0 Å². The maximum Gasteiger partial charge on any atom is 0.221 e. The molecule has 2 N–H and O–H groups in total. The number of benzene rings is 1. The fraction of sp³-hybridized carbons (Fsp3) is 0.529. The third kappa shape index (κ3) is 7.50. The average Bonchev–Trinajstić information content (AvgIpc) is 2.46. The first-order valence-electron chi connectivity index (χ1n) is 7.77. The molecule has 1 rings (SSSR count). The van der Waals surface area contributed by atoms with Gasteiger partial charge in [0.1, 0.15) is 0 Å². The summed E-state index contributed by atoms with van der Waals surface area (Å²) in [6.45, 7) is 5.60. The molecule has 0 aliphatic heterocycles. The van der Waals surface area contributed by atoms with Gasteiger partial charge in [0, 0.05) is 24.8 Å². The normalized spacial score (nSPS) is 11.8. The van der Waals surface area contributed by atoms with Gasteiger partial charge >= 0.3 is 0 Å². The Kier molecular flexibility index (Phi) is 8.67. The molecule has 0 heterocycles. The first-order chi connectivity index (χ1) is 10.5. The number of carbonyl (C=O) groups excluding carboxylic acids is 2. The molecule has 0 aliphatic carbocycles. The minimum Gasteiger partial charge on any atom is -0.350 e. The maximum atomic E-state index is 11.9. The van der Waals surface area contributed by atoms with E-state index in [9.17, 15) is 9.59 Å². The minimum atomic E-state index is -0.0991. The molecule has 1 atom stereocenters. The zero-order valence-corrected chi connectivity index (χ0v) is 14.5. The molecule has 22 heavy (non-hydrogen) atoms. The predicted molar refractivity (Wildman–Crippen MR) is 94.2 cm³/mol. The monoisotopic (exact) mass is 322 g/mol. The first-order valence-corrected chi connectivity index (χ1v) is 8.93. The van der Waals surface area contributed by atoms with Crippen LogP contribution in [-0.4, -0.2) is 23.3 Å². The number of nitrogens with one attached hydrogen (secondary N) is 2. The fourth-order valence-corrected chi connectivity index (χ4v) is 3.03. The van der Waals surface area contributed by atoms with E-state index in [1.54, 1.807) is 0 Å². The first kappa shape index (κ1) is 18.6. The molecule has 5 heteroatoms. The van der Waals surface area contributed by atoms with Gasteiger partial charge in [-0.15, -0.1) is 0 Å². The number of anilines is 1. The highest BCUT2D eigenvalue weighted by molar-refractivity contribution is 7.99. The smallest absolute Gasteiger partial charge is 0.221 e. The van der Waals surface area contributed by atoms with E-state index in [4.69, 9.17) is 0 Å². The van der Waals surface area contributed by atoms with Crippen molar-refractivity contribution in [2.45, 2.75) is 46.1 Å². The second-order valence-electron chi connectivity index (χ2n) is 5.31. The van der Waals surface area contributed by atoms with Gasteiger partial charge in [-0.3, -0.25) is 9.59 Å². The van der Waals surface area contributed by atoms with Crippen LogP contribution in [0, 0.1) is 0 Å². The Hall–Kier alpha value is -1.49. The zero-order valence-electron chi connectivity index (χ0n) is 13.6. The van der Waals surface area contributed by atoms with Crippen LogP contribution in [-0.2, 0) is 9.59 Å². The van der Waals surface area contributed by atoms with E-state index in [-0.39, 0.29) is 17.9 Å². The lowest BCUT2D eigenvalue weighted by Crippen LogP contribution is -2.27. The predicted octanol–water partition coefficient (Wildman–Crippen LogP) is 3.75. The largest absolute Gasteiger partial charge is 0.350 e. The summed E-state index contributed by atoms with van der Waals surface area (Å²) in [5, 5.41) is 5.75. The number of amides is 2. The van der Waals surface area contributed by atoms with Crippen LogP contribution in [0.15, 0.2) is 24.3 Å². The molecule has 2 amide bonds. The molecule has 0 aromatic heterocycles. The number of carbonyl (C=O) groups is 2. The highest BCUT2D eigenvalue weighted by Crippen LogP contribution is 2.17. The number of hydrogen-bond donors (Lipinski definition) is 2. The quantitative estimate of drug-likeness (QED) is 0.681. The Balaban J connectivity index is 2.42. The van der Waals surface area contributed by atoms with Crippen molar-refractivity contribution in [1.82, 2.24) is 5.32 Å². The van der Waals surface area contributed by atoms with Gasteiger partial charge in [-0.2, -0.15) is 11.8 Å². The van der Waals surface area contributed by atoms with Crippen molar-refractivity contribution in [2.24, 2.45) is 0 Å². The van der Waals surface area contributed by atoms with Crippen LogP contribution in [0.25, 0.3) is 0 Å². The van der Waals surface area contributed by atoms with E-state index in [2.05, 4.69) is 17.6 Å². The molecule has 0 unspecified atom stereocenters. The molecule has 1 aromatic rings. The molecule has 0 fully saturated rings. The Morgan fingerprint density at radius 2 is 2.05 bits per heavy atom. The Morgan fingerprint density at radius 3 is 2.73 bits per heavy atom. The lowest BCUT2D eigenvalue weighted by atomic mass is 10.1. The SMILES string of the molecule is CCCCSCCC(=O)N[C@H](C)c1cccc(NC(C)=O)c1. The summed E-state index contributed by atoms with van der Waals surface area (Å²) in [5.74, 6) is 1.96. The lowest BCUT2D eigenvalue weighted by molar-refractivity contribution is -0.121. The van der Waals surface area contributed by atoms with Gasteiger partial charge in [0.2, 0.25) is 11.8 Å². The highest BCUT2D eigenvalue weighted by atomic mass is 32.2. The van der Waals surface area contributed by atoms with E-state index >= 15 is 0 Å². The van der Waals surface area contributed by atoms with Crippen molar-refractivity contribution in [3.8, 4) is 0 Å². The second-order valence-corrected chi connectivity index (χ2v) is 6.54. The lowest BCUT2D eigenvalue weighted by Gasteiger charge is -2.15. The molecule has 0 bridgehead atoms. The molecule has 0 spiro atoms. The maximum absolute atomic E-state index is 11.9. The van der Waals surface area contributed by atoms with Crippen LogP contribution in [0.3, 0.4) is 0 Å². The molecule has 4 nitrogen and oxygen atoms in total. The van der Waals surface area contributed by atoms with Crippen molar-refractivity contribution in [3.05, 3.63) is 29.8 Å². The fourth-order valence-electron chi connectivity index (χ4n) is 2.00. The van der Waals surface area contributed by atoms with Crippen LogP contribution in [0.5, 0.6) is 0 Å². The molecule has 0 radical (unpaired) electrons. The van der Waals surface area contributed by atoms with E-state index in [0.717, 1.165) is 22.8 Å². The van der Waals surface area contributed by atoms with Crippen LogP contribution in [0.1, 0.15) is 51.6 Å². The number of rotatable bonds is 9. The third-order valence-corrected chi connectivity index (χ3v) is 4.27. The molecule has 0 saturated heterocycles. The number of thioether (sulfide) groups is 1. The van der Waals surface area contributed by atoms with Crippen LogP contribution < -0.4 is 10.6 Å². The van der Waals surface area contributed by atoms with Crippen molar-refractivity contribution in [2.75, 3.05) is 16.8 Å². The molecule has 0 saturated carbocycles. The van der Waals surface area contributed by atoms with Gasteiger partial charge in [0.05, 0.1) is 6.04 Å². The molecule has 1 aromatic carbocycles. The standard InChI is InChI=1S/C17H26N2O2S/c1-4-5-10-22-11-9-17(21)18-13(2)15-7-6-8-16(12-15)19-14(3)20/h6-8,12-13H,4-5,9-11H2,1-3H3,(H,18,21)(H,19,20)/t13-/m1/s1. The summed E-state index contributed by atoms with van der Waals surface area (Å²) in [6, 6.07) is 7.49. The second kappa shape index (κ2) is 10.3. The molecular formula is C17H26N2O2S. The van der Waals surface area contributed by atoms with Crippen molar-refractivity contribution in [3.63, 3.8) is 0 Å². The van der Waals surface area contributed by atoms with Crippen LogP contribution in [0.2, 0.25) is 0 Å². The van der Waals surface area contributed by atoms with E-state index < -0.39 is 0 Å². The van der Waals surface area contributed by atoms with Crippen molar-refractivity contribution >= 4 is 29.3 Å². The van der Waals surface area contributed by atoms with Crippen LogP contribution in [0.4, 0.5) is 5.69 Å². The Labute approximate surface area is 137 Å². The van der Waals surface area contributed by atoms with E-state index in [0.29, 0.717) is 6.42 Å². The number of hydrogen-bond acceptors (Lipinski definition) is 3. The molecular weight excluding hydrogens is 296 g/mol. The van der Waals surface area contributed by atoms with Gasteiger partial charge in [0.25, 0.3) is 0 Å². The van der Waals surface area contributed by atoms with Gasteiger partial charge in [0.15, 0.2) is 0 Å². The third-order valence-electron chi connectivity index (χ3n) is 3.20. The summed E-state index contributed by atoms with van der Waals surface area (Å²) >= 11 is 1.83.